The third kappa shape index (κ3) is 5.26. The van der Waals surface area contributed by atoms with Crippen LogP contribution in [0.25, 0.3) is 11.0 Å². The fourth-order valence-electron chi connectivity index (χ4n) is 3.80. The number of fused-ring (bicyclic) bond motifs is 1. The number of halogens is 2. The molecule has 0 aliphatic heterocycles. The molecule has 0 aliphatic carbocycles. The molecule has 0 N–H and O–H groups in total. The van der Waals surface area contributed by atoms with E-state index in [0.717, 1.165) is 21.7 Å². The van der Waals surface area contributed by atoms with Crippen molar-refractivity contribution in [1.29, 1.82) is 0 Å². The number of hydrogen-bond acceptors (Lipinski definition) is 9. The summed E-state index contributed by atoms with van der Waals surface area (Å²) in [6.07, 6.45) is 0. The molecule has 14 heteroatoms. The van der Waals surface area contributed by atoms with Crippen molar-refractivity contribution in [3.63, 3.8) is 0 Å². The van der Waals surface area contributed by atoms with E-state index in [1.165, 1.54) is 17.5 Å². The van der Waals surface area contributed by atoms with Gasteiger partial charge in [0.1, 0.15) is 11.3 Å². The van der Waals surface area contributed by atoms with Gasteiger partial charge >= 0.3 is 15.1 Å². The summed E-state index contributed by atoms with van der Waals surface area (Å²) >= 11 is 12.6. The first-order valence-corrected chi connectivity index (χ1v) is 14.1. The lowest BCUT2D eigenvalue weighted by atomic mass is 10.2. The van der Waals surface area contributed by atoms with Crippen molar-refractivity contribution < 1.29 is 17.5 Å². The fourth-order valence-corrected chi connectivity index (χ4v) is 6.64. The number of nitrogens with zero attached hydrogens (tertiary/aromatic N) is 5. The van der Waals surface area contributed by atoms with E-state index in [0.29, 0.717) is 41.4 Å². The number of aryl methyl sites for hydroxylation is 1. The van der Waals surface area contributed by atoms with Crippen LogP contribution in [0.3, 0.4) is 0 Å². The first-order valence-electron chi connectivity index (χ1n) is 10.7. The van der Waals surface area contributed by atoms with Crippen LogP contribution in [0.5, 0.6) is 5.75 Å². The summed E-state index contributed by atoms with van der Waals surface area (Å²) < 4.78 is 34.1. The minimum absolute atomic E-state index is 0.0207. The SMILES string of the molecule is Cc1csc([N+](=O)[O-])c1C(n1nnc2ccccc21)S(=O)(=O)Oc1ccc(N(CCCl)CCCl)cc1. The molecule has 0 saturated carbocycles. The van der Waals surface area contributed by atoms with E-state index in [2.05, 4.69) is 10.3 Å². The summed E-state index contributed by atoms with van der Waals surface area (Å²) in [5.41, 5.74) is 2.03. The molecule has 190 valence electrons. The Morgan fingerprint density at radius 2 is 1.81 bits per heavy atom. The number of anilines is 1. The summed E-state index contributed by atoms with van der Waals surface area (Å²) in [5, 5.41) is 19.4. The Labute approximate surface area is 221 Å². The van der Waals surface area contributed by atoms with Gasteiger partial charge < -0.3 is 9.08 Å². The second-order valence-electron chi connectivity index (χ2n) is 7.70. The van der Waals surface area contributed by atoms with Crippen molar-refractivity contribution >= 4 is 66.4 Å². The Morgan fingerprint density at radius 3 is 2.44 bits per heavy atom. The summed E-state index contributed by atoms with van der Waals surface area (Å²) in [6.45, 7) is 2.74. The van der Waals surface area contributed by atoms with Crippen LogP contribution in [0.15, 0.2) is 53.9 Å². The van der Waals surface area contributed by atoms with Crippen LogP contribution in [0, 0.1) is 17.0 Å². The summed E-state index contributed by atoms with van der Waals surface area (Å²) in [5.74, 6) is 0.839. The first kappa shape index (κ1) is 26.1. The highest BCUT2D eigenvalue weighted by Gasteiger charge is 2.41. The van der Waals surface area contributed by atoms with Gasteiger partial charge in [-0.05, 0) is 48.9 Å². The molecule has 0 bridgehead atoms. The van der Waals surface area contributed by atoms with Crippen LogP contribution < -0.4 is 9.08 Å². The topological polar surface area (TPSA) is 120 Å². The number of thiophene rings is 1. The van der Waals surface area contributed by atoms with Crippen LogP contribution >= 0.6 is 34.5 Å². The zero-order chi connectivity index (χ0) is 25.9. The lowest BCUT2D eigenvalue weighted by molar-refractivity contribution is -0.380. The highest BCUT2D eigenvalue weighted by atomic mass is 35.5. The molecule has 4 rings (SSSR count). The average molecular weight is 570 g/mol. The third-order valence-electron chi connectivity index (χ3n) is 5.41. The number of aromatic nitrogens is 3. The van der Waals surface area contributed by atoms with Gasteiger partial charge in [0.2, 0.25) is 5.37 Å². The molecule has 2 heterocycles. The van der Waals surface area contributed by atoms with E-state index < -0.39 is 20.4 Å². The van der Waals surface area contributed by atoms with Crippen LogP contribution in [0.2, 0.25) is 0 Å². The summed E-state index contributed by atoms with van der Waals surface area (Å²) in [7, 11) is -4.54. The van der Waals surface area contributed by atoms with E-state index in [-0.39, 0.29) is 16.3 Å². The summed E-state index contributed by atoms with van der Waals surface area (Å²) in [6, 6.07) is 13.2. The van der Waals surface area contributed by atoms with Crippen molar-refractivity contribution in [1.82, 2.24) is 15.0 Å². The van der Waals surface area contributed by atoms with Gasteiger partial charge in [-0.1, -0.05) is 28.7 Å². The second kappa shape index (κ2) is 11.0. The van der Waals surface area contributed by atoms with Crippen molar-refractivity contribution in [2.75, 3.05) is 29.7 Å². The molecule has 1 atom stereocenters. The molecular weight excluding hydrogens is 549 g/mol. The van der Waals surface area contributed by atoms with E-state index in [1.54, 1.807) is 43.3 Å². The Morgan fingerprint density at radius 1 is 1.14 bits per heavy atom. The monoisotopic (exact) mass is 569 g/mol. The molecule has 1 unspecified atom stereocenters. The zero-order valence-electron chi connectivity index (χ0n) is 19.0. The largest absolute Gasteiger partial charge is 0.381 e. The average Bonchev–Trinajstić information content (AvgIpc) is 3.44. The van der Waals surface area contributed by atoms with E-state index in [1.807, 2.05) is 4.90 Å². The number of rotatable bonds is 11. The van der Waals surface area contributed by atoms with Crippen molar-refractivity contribution in [3.8, 4) is 5.75 Å². The Hall–Kier alpha value is -2.93. The second-order valence-corrected chi connectivity index (χ2v) is 10.9. The first-order chi connectivity index (χ1) is 17.3. The smallest absolute Gasteiger partial charge is 0.337 e. The maximum Gasteiger partial charge on any atom is 0.337 e. The zero-order valence-corrected chi connectivity index (χ0v) is 22.1. The molecule has 10 nitrogen and oxygen atoms in total. The van der Waals surface area contributed by atoms with Gasteiger partial charge in [0.15, 0.2) is 0 Å². The molecule has 0 fully saturated rings. The van der Waals surface area contributed by atoms with Crippen LogP contribution in [0.4, 0.5) is 10.7 Å². The summed E-state index contributed by atoms with van der Waals surface area (Å²) in [4.78, 5) is 13.1. The van der Waals surface area contributed by atoms with Crippen molar-refractivity contribution in [3.05, 3.63) is 75.2 Å². The molecule has 0 radical (unpaired) electrons. The van der Waals surface area contributed by atoms with Gasteiger partial charge in [0, 0.05) is 35.9 Å². The van der Waals surface area contributed by atoms with E-state index >= 15 is 0 Å². The maximum absolute atomic E-state index is 13.7. The molecule has 2 aromatic heterocycles. The molecule has 2 aromatic carbocycles. The minimum Gasteiger partial charge on any atom is -0.381 e. The molecule has 0 aliphatic rings. The lowest BCUT2D eigenvalue weighted by Crippen LogP contribution is -2.28. The number of benzene rings is 2. The minimum atomic E-state index is -4.54. The van der Waals surface area contributed by atoms with Gasteiger partial charge in [0.05, 0.1) is 16.0 Å². The molecule has 36 heavy (non-hydrogen) atoms. The number of hydrogen-bond donors (Lipinski definition) is 0. The molecule has 0 saturated heterocycles. The third-order valence-corrected chi connectivity index (χ3v) is 8.22. The molecule has 4 aromatic rings. The van der Waals surface area contributed by atoms with E-state index in [4.69, 9.17) is 27.4 Å². The Bertz CT molecular complexity index is 1470. The molecule has 0 spiro atoms. The number of nitro groups is 1. The van der Waals surface area contributed by atoms with Crippen molar-refractivity contribution in [2.24, 2.45) is 0 Å². The Balaban J connectivity index is 1.77. The number of para-hydroxylation sites is 1. The molecular formula is C22H21Cl2N5O5S2. The standard InChI is InChI=1S/C22H21Cl2N5O5S2/c1-15-14-35-21(29(30)31)20(15)22(28-19-5-3-2-4-18(19)25-26-28)36(32,33)34-17-8-6-16(7-9-17)27(12-10-23)13-11-24/h2-9,14,22H,10-13H2,1H3. The highest BCUT2D eigenvalue weighted by molar-refractivity contribution is 7.87. The fraction of sp³-hybridized carbons (Fsp3) is 0.273. The van der Waals surface area contributed by atoms with Gasteiger partial charge in [-0.3, -0.25) is 10.1 Å². The van der Waals surface area contributed by atoms with Gasteiger partial charge in [-0.15, -0.1) is 28.3 Å². The Kier molecular flexibility index (Phi) is 7.98. The van der Waals surface area contributed by atoms with Gasteiger partial charge in [0.25, 0.3) is 0 Å². The predicted molar refractivity (Wildman–Crippen MR) is 141 cm³/mol. The normalized spacial score (nSPS) is 12.5. The number of alkyl halides is 2. The van der Waals surface area contributed by atoms with Crippen LogP contribution in [0.1, 0.15) is 16.5 Å². The molecule has 0 amide bonds. The van der Waals surface area contributed by atoms with Gasteiger partial charge in [-0.2, -0.15) is 8.42 Å². The lowest BCUT2D eigenvalue weighted by Gasteiger charge is -2.23. The quantitative estimate of drug-likeness (QED) is 0.108. The van der Waals surface area contributed by atoms with Crippen LogP contribution in [-0.4, -0.2) is 53.2 Å². The van der Waals surface area contributed by atoms with E-state index in [9.17, 15) is 18.5 Å². The maximum atomic E-state index is 13.7. The van der Waals surface area contributed by atoms with Crippen LogP contribution in [-0.2, 0) is 10.1 Å². The van der Waals surface area contributed by atoms with Gasteiger partial charge in [-0.25, -0.2) is 4.68 Å². The van der Waals surface area contributed by atoms with Crippen molar-refractivity contribution in [2.45, 2.75) is 12.3 Å². The highest BCUT2D eigenvalue weighted by Crippen LogP contribution is 2.40. The predicted octanol–water partition coefficient (Wildman–Crippen LogP) is 4.95.